The number of carbonyl (C=O) groups excluding carboxylic acids is 1. The minimum absolute atomic E-state index is 0.156. The fourth-order valence-electron chi connectivity index (χ4n) is 1.59. The lowest BCUT2D eigenvalue weighted by atomic mass is 10.2. The quantitative estimate of drug-likeness (QED) is 0.912. The second-order valence-electron chi connectivity index (χ2n) is 3.92. The van der Waals surface area contributed by atoms with E-state index in [9.17, 15) is 9.18 Å². The fourth-order valence-corrected chi connectivity index (χ4v) is 1.93. The van der Waals surface area contributed by atoms with Crippen molar-refractivity contribution in [1.29, 1.82) is 0 Å². The van der Waals surface area contributed by atoms with E-state index in [1.807, 2.05) is 0 Å². The largest absolute Gasteiger partial charge is 0.497 e. The minimum Gasteiger partial charge on any atom is -0.497 e. The smallest absolute Gasteiger partial charge is 0.258 e. The first-order valence-electron chi connectivity index (χ1n) is 5.61. The lowest BCUT2D eigenvalue weighted by molar-refractivity contribution is 0.102. The molecule has 0 atom stereocenters. The molecule has 0 aliphatic carbocycles. The van der Waals surface area contributed by atoms with Gasteiger partial charge >= 0.3 is 0 Å². The molecule has 0 radical (unpaired) electrons. The first kappa shape index (κ1) is 14.6. The van der Waals surface area contributed by atoms with Crippen LogP contribution in [0.25, 0.3) is 0 Å². The summed E-state index contributed by atoms with van der Waals surface area (Å²) in [6, 6.07) is 8.52. The van der Waals surface area contributed by atoms with Crippen molar-refractivity contribution in [3.63, 3.8) is 0 Å². The number of anilines is 1. The van der Waals surface area contributed by atoms with E-state index in [1.54, 1.807) is 18.2 Å². The molecular formula is C14H10Cl2FNO2. The van der Waals surface area contributed by atoms with Crippen molar-refractivity contribution in [1.82, 2.24) is 0 Å². The summed E-state index contributed by atoms with van der Waals surface area (Å²) in [5.41, 5.74) is 0.173. The third kappa shape index (κ3) is 3.21. The maximum Gasteiger partial charge on any atom is 0.258 e. The molecule has 0 bridgehead atoms. The molecule has 0 heterocycles. The van der Waals surface area contributed by atoms with Crippen molar-refractivity contribution in [2.24, 2.45) is 0 Å². The predicted octanol–water partition coefficient (Wildman–Crippen LogP) is 4.39. The summed E-state index contributed by atoms with van der Waals surface area (Å²) in [5, 5.41) is 3.11. The predicted molar refractivity (Wildman–Crippen MR) is 77.4 cm³/mol. The van der Waals surface area contributed by atoms with Gasteiger partial charge in [0.1, 0.15) is 11.6 Å². The van der Waals surface area contributed by atoms with Gasteiger partial charge in [-0.2, -0.15) is 0 Å². The van der Waals surface area contributed by atoms with Crippen LogP contribution in [-0.4, -0.2) is 13.0 Å². The van der Waals surface area contributed by atoms with Crippen molar-refractivity contribution in [2.45, 2.75) is 0 Å². The minimum atomic E-state index is -0.661. The number of halogens is 3. The molecule has 0 saturated heterocycles. The van der Waals surface area contributed by atoms with E-state index < -0.39 is 11.7 Å². The Labute approximate surface area is 125 Å². The van der Waals surface area contributed by atoms with Crippen molar-refractivity contribution in [3.8, 4) is 5.75 Å². The second-order valence-corrected chi connectivity index (χ2v) is 4.77. The van der Waals surface area contributed by atoms with Gasteiger partial charge in [0.25, 0.3) is 5.91 Å². The average Bonchev–Trinajstić information content (AvgIpc) is 2.43. The highest BCUT2D eigenvalue weighted by Crippen LogP contribution is 2.27. The number of methoxy groups -OCH3 is 1. The van der Waals surface area contributed by atoms with Crippen LogP contribution < -0.4 is 10.1 Å². The average molecular weight is 314 g/mol. The van der Waals surface area contributed by atoms with E-state index in [1.165, 1.54) is 19.2 Å². The van der Waals surface area contributed by atoms with Crippen LogP contribution in [0.2, 0.25) is 10.0 Å². The highest BCUT2D eigenvalue weighted by Gasteiger charge is 2.14. The SMILES string of the molecule is COc1ccc(Cl)c(NC(=O)c2cc(Cl)ccc2F)c1. The van der Waals surface area contributed by atoms with Gasteiger partial charge in [0, 0.05) is 11.1 Å². The van der Waals surface area contributed by atoms with Gasteiger partial charge in [0.05, 0.1) is 23.4 Å². The number of benzene rings is 2. The van der Waals surface area contributed by atoms with Crippen molar-refractivity contribution in [3.05, 3.63) is 57.8 Å². The van der Waals surface area contributed by atoms with Gasteiger partial charge in [-0.05, 0) is 30.3 Å². The first-order valence-corrected chi connectivity index (χ1v) is 6.37. The van der Waals surface area contributed by atoms with Crippen LogP contribution in [-0.2, 0) is 0 Å². The van der Waals surface area contributed by atoms with Gasteiger partial charge in [0.15, 0.2) is 0 Å². The summed E-state index contributed by atoms with van der Waals surface area (Å²) in [6.45, 7) is 0. The topological polar surface area (TPSA) is 38.3 Å². The van der Waals surface area contributed by atoms with Crippen LogP contribution in [0.1, 0.15) is 10.4 Å². The highest BCUT2D eigenvalue weighted by molar-refractivity contribution is 6.34. The third-order valence-corrected chi connectivity index (χ3v) is 3.16. The molecular weight excluding hydrogens is 304 g/mol. The molecule has 2 rings (SSSR count). The van der Waals surface area contributed by atoms with Gasteiger partial charge in [0.2, 0.25) is 0 Å². The van der Waals surface area contributed by atoms with Crippen molar-refractivity contribution >= 4 is 34.8 Å². The number of hydrogen-bond acceptors (Lipinski definition) is 2. The van der Waals surface area contributed by atoms with Crippen LogP contribution in [0.15, 0.2) is 36.4 Å². The molecule has 6 heteroatoms. The van der Waals surface area contributed by atoms with Crippen molar-refractivity contribution in [2.75, 3.05) is 12.4 Å². The Hall–Kier alpha value is -1.78. The number of carbonyl (C=O) groups is 1. The molecule has 20 heavy (non-hydrogen) atoms. The number of amides is 1. The van der Waals surface area contributed by atoms with E-state index in [2.05, 4.69) is 5.32 Å². The summed E-state index contributed by atoms with van der Waals surface area (Å²) in [6.07, 6.45) is 0. The third-order valence-electron chi connectivity index (χ3n) is 2.59. The molecule has 0 aliphatic heterocycles. The number of ether oxygens (including phenoxy) is 1. The van der Waals surface area contributed by atoms with E-state index in [4.69, 9.17) is 27.9 Å². The maximum absolute atomic E-state index is 13.6. The molecule has 0 unspecified atom stereocenters. The van der Waals surface area contributed by atoms with E-state index in [-0.39, 0.29) is 10.6 Å². The van der Waals surface area contributed by atoms with Crippen LogP contribution in [0.5, 0.6) is 5.75 Å². The maximum atomic E-state index is 13.6. The van der Waals surface area contributed by atoms with E-state index >= 15 is 0 Å². The van der Waals surface area contributed by atoms with Gasteiger partial charge in [-0.15, -0.1) is 0 Å². The molecule has 3 nitrogen and oxygen atoms in total. The van der Waals surface area contributed by atoms with Crippen LogP contribution in [0, 0.1) is 5.82 Å². The Morgan fingerprint density at radius 2 is 1.95 bits per heavy atom. The molecule has 1 N–H and O–H groups in total. The monoisotopic (exact) mass is 313 g/mol. The Morgan fingerprint density at radius 1 is 1.20 bits per heavy atom. The molecule has 2 aromatic rings. The summed E-state index contributed by atoms with van der Waals surface area (Å²) >= 11 is 11.7. The Kier molecular flexibility index (Phi) is 4.47. The first-order chi connectivity index (χ1) is 9.51. The zero-order valence-corrected chi connectivity index (χ0v) is 11.9. The lowest BCUT2D eigenvalue weighted by Crippen LogP contribution is -2.14. The summed E-state index contributed by atoms with van der Waals surface area (Å²) in [4.78, 5) is 12.0. The van der Waals surface area contributed by atoms with Gasteiger partial charge in [-0.25, -0.2) is 4.39 Å². The zero-order valence-electron chi connectivity index (χ0n) is 10.4. The molecule has 1 amide bonds. The van der Waals surface area contributed by atoms with E-state index in [0.29, 0.717) is 16.5 Å². The van der Waals surface area contributed by atoms with Crippen molar-refractivity contribution < 1.29 is 13.9 Å². The zero-order chi connectivity index (χ0) is 14.7. The second kappa shape index (κ2) is 6.11. The molecule has 0 aliphatic rings. The molecule has 0 aromatic heterocycles. The van der Waals surface area contributed by atoms with Crippen LogP contribution in [0.4, 0.5) is 10.1 Å². The Balaban J connectivity index is 2.30. The number of hydrogen-bond donors (Lipinski definition) is 1. The highest BCUT2D eigenvalue weighted by atomic mass is 35.5. The normalized spacial score (nSPS) is 10.2. The summed E-state index contributed by atoms with van der Waals surface area (Å²) < 4.78 is 18.6. The van der Waals surface area contributed by atoms with Crippen LogP contribution in [0.3, 0.4) is 0 Å². The van der Waals surface area contributed by atoms with E-state index in [0.717, 1.165) is 6.07 Å². The summed E-state index contributed by atoms with van der Waals surface area (Å²) in [7, 11) is 1.49. The lowest BCUT2D eigenvalue weighted by Gasteiger charge is -2.09. The molecule has 0 spiro atoms. The number of rotatable bonds is 3. The Bertz CT molecular complexity index is 662. The molecule has 104 valence electrons. The van der Waals surface area contributed by atoms with Gasteiger partial charge in [-0.1, -0.05) is 23.2 Å². The molecule has 0 fully saturated rings. The van der Waals surface area contributed by atoms with Gasteiger partial charge in [-0.3, -0.25) is 4.79 Å². The summed E-state index contributed by atoms with van der Waals surface area (Å²) in [5.74, 6) is -0.776. The van der Waals surface area contributed by atoms with Gasteiger partial charge < -0.3 is 10.1 Å². The Morgan fingerprint density at radius 3 is 2.65 bits per heavy atom. The standard InChI is InChI=1S/C14H10Cl2FNO2/c1-20-9-3-4-11(16)13(7-9)18-14(19)10-6-8(15)2-5-12(10)17/h2-7H,1H3,(H,18,19). The fraction of sp³-hybridized carbons (Fsp3) is 0.0714. The van der Waals surface area contributed by atoms with Crippen LogP contribution >= 0.6 is 23.2 Å². The molecule has 2 aromatic carbocycles. The molecule has 0 saturated carbocycles. The number of nitrogens with one attached hydrogen (secondary N) is 1.